The Morgan fingerprint density at radius 2 is 2.07 bits per heavy atom. The molecule has 76 valence electrons. The maximum Gasteiger partial charge on any atom is 0.118 e. The molecule has 0 amide bonds. The highest BCUT2D eigenvalue weighted by atomic mass is 16.3. The van der Waals surface area contributed by atoms with E-state index in [0.29, 0.717) is 5.75 Å². The van der Waals surface area contributed by atoms with E-state index in [-0.39, 0.29) is 12.0 Å². The first-order chi connectivity index (χ1) is 6.65. The summed E-state index contributed by atoms with van der Waals surface area (Å²) in [6.45, 7) is 2.15. The fourth-order valence-electron chi connectivity index (χ4n) is 1.77. The second-order valence-electron chi connectivity index (χ2n) is 4.46. The van der Waals surface area contributed by atoms with E-state index in [0.717, 1.165) is 30.4 Å². The third-order valence-electron chi connectivity index (χ3n) is 3.15. The van der Waals surface area contributed by atoms with E-state index in [1.165, 1.54) is 0 Å². The normalized spacial score (nSPS) is 18.1. The van der Waals surface area contributed by atoms with Gasteiger partial charge in [-0.15, -0.1) is 0 Å². The van der Waals surface area contributed by atoms with Gasteiger partial charge in [-0.3, -0.25) is 0 Å². The minimum absolute atomic E-state index is 0.127. The van der Waals surface area contributed by atoms with Crippen LogP contribution in [0.3, 0.4) is 0 Å². The zero-order chi connectivity index (χ0) is 10.2. The number of phenols is 1. The maximum atomic E-state index is 9.53. The Morgan fingerprint density at radius 3 is 2.57 bits per heavy atom. The fourth-order valence-corrected chi connectivity index (χ4v) is 1.77. The number of benzene rings is 1. The monoisotopic (exact) mass is 192 g/mol. The predicted octanol–water partition coefficient (Wildman–Crippen LogP) is 2.02. The molecular formula is C12H16O2. The van der Waals surface area contributed by atoms with Crippen LogP contribution >= 0.6 is 0 Å². The molecule has 1 aliphatic rings. The molecular weight excluding hydrogens is 176 g/mol. The number of phenolic OH excluding ortho intramolecular Hbond substituents is 1. The Bertz CT molecular complexity index is 340. The third kappa shape index (κ3) is 1.75. The molecule has 0 heterocycles. The van der Waals surface area contributed by atoms with Crippen LogP contribution in [0.15, 0.2) is 18.2 Å². The molecule has 0 aromatic heterocycles. The van der Waals surface area contributed by atoms with E-state index < -0.39 is 0 Å². The van der Waals surface area contributed by atoms with Gasteiger partial charge in [-0.2, -0.15) is 0 Å². The van der Waals surface area contributed by atoms with Crippen molar-refractivity contribution in [2.75, 3.05) is 6.61 Å². The van der Waals surface area contributed by atoms with Gasteiger partial charge >= 0.3 is 0 Å². The van der Waals surface area contributed by atoms with Crippen LogP contribution in [0.2, 0.25) is 0 Å². The summed E-state index contributed by atoms with van der Waals surface area (Å²) in [4.78, 5) is 0. The minimum Gasteiger partial charge on any atom is -0.508 e. The Morgan fingerprint density at radius 1 is 1.36 bits per heavy atom. The van der Waals surface area contributed by atoms with Crippen LogP contribution < -0.4 is 0 Å². The number of rotatable bonds is 3. The van der Waals surface area contributed by atoms with Gasteiger partial charge in [0, 0.05) is 6.61 Å². The molecule has 0 atom stereocenters. The Hall–Kier alpha value is -1.02. The summed E-state index contributed by atoms with van der Waals surface area (Å²) < 4.78 is 0. The largest absolute Gasteiger partial charge is 0.508 e. The van der Waals surface area contributed by atoms with Crippen LogP contribution in [-0.4, -0.2) is 16.8 Å². The molecule has 14 heavy (non-hydrogen) atoms. The van der Waals surface area contributed by atoms with E-state index in [2.05, 4.69) is 0 Å². The van der Waals surface area contributed by atoms with Gasteiger partial charge in [-0.05, 0) is 48.8 Å². The fraction of sp³-hybridized carbons (Fsp3) is 0.500. The SMILES string of the molecule is Cc1ccc(CC2(CO)CC2)cc1O. The Labute approximate surface area is 84.2 Å². The molecule has 1 aromatic rings. The first kappa shape index (κ1) is 9.53. The number of aliphatic hydroxyl groups excluding tert-OH is 1. The van der Waals surface area contributed by atoms with Gasteiger partial charge in [-0.25, -0.2) is 0 Å². The number of aromatic hydroxyl groups is 1. The molecule has 0 spiro atoms. The average molecular weight is 192 g/mol. The minimum atomic E-state index is 0.127. The lowest BCUT2D eigenvalue weighted by molar-refractivity contribution is 0.211. The molecule has 2 rings (SSSR count). The summed E-state index contributed by atoms with van der Waals surface area (Å²) in [5, 5.41) is 18.7. The summed E-state index contributed by atoms with van der Waals surface area (Å²) in [6.07, 6.45) is 3.10. The van der Waals surface area contributed by atoms with Crippen LogP contribution in [0.25, 0.3) is 0 Å². The first-order valence-corrected chi connectivity index (χ1v) is 5.05. The van der Waals surface area contributed by atoms with E-state index in [1.807, 2.05) is 25.1 Å². The lowest BCUT2D eigenvalue weighted by Gasteiger charge is -2.11. The van der Waals surface area contributed by atoms with Crippen molar-refractivity contribution in [3.63, 3.8) is 0 Å². The molecule has 1 saturated carbocycles. The summed E-state index contributed by atoms with van der Waals surface area (Å²) >= 11 is 0. The Kier molecular flexibility index (Phi) is 2.23. The van der Waals surface area contributed by atoms with Crippen molar-refractivity contribution >= 4 is 0 Å². The maximum absolute atomic E-state index is 9.53. The highest BCUT2D eigenvalue weighted by molar-refractivity contribution is 5.36. The van der Waals surface area contributed by atoms with E-state index >= 15 is 0 Å². The van der Waals surface area contributed by atoms with Crippen LogP contribution in [0.1, 0.15) is 24.0 Å². The molecule has 1 fully saturated rings. The van der Waals surface area contributed by atoms with Gasteiger partial charge in [0.05, 0.1) is 0 Å². The van der Waals surface area contributed by atoms with Crippen LogP contribution in [0, 0.1) is 12.3 Å². The van der Waals surface area contributed by atoms with Crippen LogP contribution in [-0.2, 0) is 6.42 Å². The number of hydrogen-bond donors (Lipinski definition) is 2. The molecule has 0 radical (unpaired) electrons. The van der Waals surface area contributed by atoms with E-state index in [9.17, 15) is 10.2 Å². The molecule has 0 aliphatic heterocycles. The van der Waals surface area contributed by atoms with E-state index in [4.69, 9.17) is 0 Å². The molecule has 2 heteroatoms. The average Bonchev–Trinajstić information content (AvgIpc) is 2.93. The van der Waals surface area contributed by atoms with Crippen molar-refractivity contribution in [1.29, 1.82) is 0 Å². The van der Waals surface area contributed by atoms with Gasteiger partial charge in [0.2, 0.25) is 0 Å². The van der Waals surface area contributed by atoms with Crippen molar-refractivity contribution in [1.82, 2.24) is 0 Å². The molecule has 2 N–H and O–H groups in total. The van der Waals surface area contributed by atoms with Crippen molar-refractivity contribution in [2.24, 2.45) is 5.41 Å². The van der Waals surface area contributed by atoms with Crippen LogP contribution in [0.5, 0.6) is 5.75 Å². The smallest absolute Gasteiger partial charge is 0.118 e. The van der Waals surface area contributed by atoms with Crippen molar-refractivity contribution < 1.29 is 10.2 Å². The first-order valence-electron chi connectivity index (χ1n) is 5.05. The predicted molar refractivity (Wildman–Crippen MR) is 55.3 cm³/mol. The zero-order valence-corrected chi connectivity index (χ0v) is 8.45. The second-order valence-corrected chi connectivity index (χ2v) is 4.46. The summed E-state index contributed by atoms with van der Waals surface area (Å²) in [7, 11) is 0. The van der Waals surface area contributed by atoms with Crippen molar-refractivity contribution in [2.45, 2.75) is 26.2 Å². The second kappa shape index (κ2) is 3.28. The van der Waals surface area contributed by atoms with Gasteiger partial charge in [0.25, 0.3) is 0 Å². The molecule has 0 unspecified atom stereocenters. The quantitative estimate of drug-likeness (QED) is 0.769. The van der Waals surface area contributed by atoms with Gasteiger partial charge in [0.15, 0.2) is 0 Å². The van der Waals surface area contributed by atoms with E-state index in [1.54, 1.807) is 0 Å². The molecule has 2 nitrogen and oxygen atoms in total. The lowest BCUT2D eigenvalue weighted by atomic mass is 9.96. The number of aryl methyl sites for hydroxylation is 1. The van der Waals surface area contributed by atoms with Gasteiger partial charge < -0.3 is 10.2 Å². The van der Waals surface area contributed by atoms with Gasteiger partial charge in [0.1, 0.15) is 5.75 Å². The van der Waals surface area contributed by atoms with Gasteiger partial charge in [-0.1, -0.05) is 12.1 Å². The molecule has 1 aliphatic carbocycles. The topological polar surface area (TPSA) is 40.5 Å². The third-order valence-corrected chi connectivity index (χ3v) is 3.15. The highest BCUT2D eigenvalue weighted by Gasteiger charge is 2.41. The molecule has 1 aromatic carbocycles. The highest BCUT2D eigenvalue weighted by Crippen LogP contribution is 2.48. The number of hydrogen-bond acceptors (Lipinski definition) is 2. The van der Waals surface area contributed by atoms with Crippen molar-refractivity contribution in [3.05, 3.63) is 29.3 Å². The number of aliphatic hydroxyl groups is 1. The summed E-state index contributed by atoms with van der Waals surface area (Å²) in [5.74, 6) is 0.358. The lowest BCUT2D eigenvalue weighted by Crippen LogP contribution is -2.09. The zero-order valence-electron chi connectivity index (χ0n) is 8.45. The molecule has 0 saturated heterocycles. The summed E-state index contributed by atoms with van der Waals surface area (Å²) in [5.41, 5.74) is 2.16. The standard InChI is InChI=1S/C12H16O2/c1-9-2-3-10(6-11(9)14)7-12(8-13)4-5-12/h2-3,6,13-14H,4-5,7-8H2,1H3. The molecule has 0 bridgehead atoms. The van der Waals surface area contributed by atoms with Crippen LogP contribution in [0.4, 0.5) is 0 Å². The Balaban J connectivity index is 2.14. The van der Waals surface area contributed by atoms with Crippen molar-refractivity contribution in [3.8, 4) is 5.75 Å². The summed E-state index contributed by atoms with van der Waals surface area (Å²) in [6, 6.07) is 5.77.